The Balaban J connectivity index is 1.98. The van der Waals surface area contributed by atoms with E-state index in [0.29, 0.717) is 17.9 Å². The number of hydrogen-bond acceptors (Lipinski definition) is 4. The van der Waals surface area contributed by atoms with Crippen LogP contribution in [0, 0.1) is 0 Å². The van der Waals surface area contributed by atoms with Gasteiger partial charge in [-0.05, 0) is 31.2 Å². The van der Waals surface area contributed by atoms with Crippen molar-refractivity contribution in [2.45, 2.75) is 20.0 Å². The summed E-state index contributed by atoms with van der Waals surface area (Å²) in [5.74, 6) is 0.641. The number of carbonyl (C=O) groups is 1. The third-order valence-electron chi connectivity index (χ3n) is 2.57. The average Bonchev–Trinajstić information content (AvgIpc) is 2.84. The van der Waals surface area contributed by atoms with Crippen LogP contribution < -0.4 is 5.32 Å². The minimum Gasteiger partial charge on any atom is -0.508 e. The lowest BCUT2D eigenvalue weighted by Gasteiger charge is -2.06. The number of phenols is 1. The summed E-state index contributed by atoms with van der Waals surface area (Å²) in [6.07, 6.45) is 1.63. The van der Waals surface area contributed by atoms with Crippen LogP contribution in [0.1, 0.15) is 23.1 Å². The molecule has 0 aliphatic heterocycles. The van der Waals surface area contributed by atoms with Crippen LogP contribution in [0.2, 0.25) is 0 Å². The molecule has 18 heavy (non-hydrogen) atoms. The molecule has 2 aromatic rings. The smallest absolute Gasteiger partial charge is 0.251 e. The van der Waals surface area contributed by atoms with E-state index in [1.165, 1.54) is 12.1 Å². The van der Waals surface area contributed by atoms with Crippen LogP contribution in [0.3, 0.4) is 0 Å². The molecule has 0 spiro atoms. The Bertz CT molecular complexity index is 533. The van der Waals surface area contributed by atoms with Crippen molar-refractivity contribution in [3.05, 3.63) is 42.0 Å². The Morgan fingerprint density at radius 3 is 2.78 bits per heavy atom. The standard InChI is InChI=1S/C12H14N4O2/c1-2-16-8-14-15-11(16)7-13-12(18)9-3-5-10(17)6-4-9/h3-6,8,17H,2,7H2,1H3,(H,13,18). The lowest BCUT2D eigenvalue weighted by molar-refractivity contribution is 0.0949. The zero-order valence-electron chi connectivity index (χ0n) is 10.00. The van der Waals surface area contributed by atoms with Crippen molar-refractivity contribution in [1.82, 2.24) is 20.1 Å². The highest BCUT2D eigenvalue weighted by molar-refractivity contribution is 5.94. The van der Waals surface area contributed by atoms with E-state index in [-0.39, 0.29) is 11.7 Å². The normalized spacial score (nSPS) is 10.3. The number of nitrogens with zero attached hydrogens (tertiary/aromatic N) is 3. The van der Waals surface area contributed by atoms with Crippen LogP contribution in [-0.2, 0) is 13.1 Å². The first-order valence-corrected chi connectivity index (χ1v) is 5.64. The van der Waals surface area contributed by atoms with Crippen molar-refractivity contribution < 1.29 is 9.90 Å². The van der Waals surface area contributed by atoms with E-state index in [0.717, 1.165) is 6.54 Å². The fraction of sp³-hybridized carbons (Fsp3) is 0.250. The monoisotopic (exact) mass is 246 g/mol. The van der Waals surface area contributed by atoms with E-state index in [1.807, 2.05) is 11.5 Å². The molecule has 0 unspecified atom stereocenters. The van der Waals surface area contributed by atoms with Gasteiger partial charge in [0.15, 0.2) is 5.82 Å². The Morgan fingerprint density at radius 2 is 2.11 bits per heavy atom. The average molecular weight is 246 g/mol. The Labute approximate surface area is 104 Å². The number of amides is 1. The molecule has 1 amide bonds. The number of aromatic hydroxyl groups is 1. The highest BCUT2D eigenvalue weighted by Gasteiger charge is 2.07. The topological polar surface area (TPSA) is 80.0 Å². The molecule has 2 rings (SSSR count). The van der Waals surface area contributed by atoms with Gasteiger partial charge < -0.3 is 15.0 Å². The summed E-state index contributed by atoms with van der Waals surface area (Å²) in [7, 11) is 0. The minimum atomic E-state index is -0.208. The van der Waals surface area contributed by atoms with Gasteiger partial charge in [0.2, 0.25) is 0 Å². The van der Waals surface area contributed by atoms with Crippen molar-refractivity contribution in [3.8, 4) is 5.75 Å². The van der Waals surface area contributed by atoms with Gasteiger partial charge in [-0.25, -0.2) is 0 Å². The highest BCUT2D eigenvalue weighted by atomic mass is 16.3. The molecule has 0 saturated carbocycles. The van der Waals surface area contributed by atoms with Gasteiger partial charge in [-0.15, -0.1) is 10.2 Å². The molecular formula is C12H14N4O2. The molecule has 0 aliphatic carbocycles. The van der Waals surface area contributed by atoms with E-state index >= 15 is 0 Å². The largest absolute Gasteiger partial charge is 0.508 e. The summed E-state index contributed by atoms with van der Waals surface area (Å²) in [5.41, 5.74) is 0.496. The van der Waals surface area contributed by atoms with E-state index in [1.54, 1.807) is 18.5 Å². The zero-order chi connectivity index (χ0) is 13.0. The zero-order valence-corrected chi connectivity index (χ0v) is 10.00. The molecule has 2 N–H and O–H groups in total. The van der Waals surface area contributed by atoms with Crippen molar-refractivity contribution in [2.24, 2.45) is 0 Å². The molecule has 0 aliphatic rings. The van der Waals surface area contributed by atoms with E-state index in [2.05, 4.69) is 15.5 Å². The van der Waals surface area contributed by atoms with Crippen molar-refractivity contribution in [2.75, 3.05) is 0 Å². The number of rotatable bonds is 4. The molecule has 0 fully saturated rings. The fourth-order valence-corrected chi connectivity index (χ4v) is 1.55. The van der Waals surface area contributed by atoms with Crippen LogP contribution in [0.5, 0.6) is 5.75 Å². The molecule has 0 atom stereocenters. The summed E-state index contributed by atoms with van der Waals surface area (Å²) in [4.78, 5) is 11.8. The van der Waals surface area contributed by atoms with E-state index in [4.69, 9.17) is 5.11 Å². The predicted molar refractivity (Wildman–Crippen MR) is 65.0 cm³/mol. The molecule has 6 heteroatoms. The Hall–Kier alpha value is -2.37. The van der Waals surface area contributed by atoms with Crippen molar-refractivity contribution in [3.63, 3.8) is 0 Å². The van der Waals surface area contributed by atoms with Gasteiger partial charge in [0.25, 0.3) is 5.91 Å². The molecule has 1 aromatic carbocycles. The third-order valence-corrected chi connectivity index (χ3v) is 2.57. The van der Waals surface area contributed by atoms with Gasteiger partial charge in [-0.3, -0.25) is 4.79 Å². The van der Waals surface area contributed by atoms with E-state index < -0.39 is 0 Å². The summed E-state index contributed by atoms with van der Waals surface area (Å²) >= 11 is 0. The van der Waals surface area contributed by atoms with Crippen molar-refractivity contribution in [1.29, 1.82) is 0 Å². The number of aromatic nitrogens is 3. The van der Waals surface area contributed by atoms with Crippen LogP contribution in [0.15, 0.2) is 30.6 Å². The summed E-state index contributed by atoms with van der Waals surface area (Å²) in [5, 5.41) is 19.6. The molecule has 1 heterocycles. The fourth-order valence-electron chi connectivity index (χ4n) is 1.55. The number of aryl methyl sites for hydroxylation is 1. The third kappa shape index (κ3) is 2.65. The molecular weight excluding hydrogens is 232 g/mol. The number of benzene rings is 1. The second-order valence-electron chi connectivity index (χ2n) is 3.76. The van der Waals surface area contributed by atoms with Crippen molar-refractivity contribution >= 4 is 5.91 Å². The van der Waals surface area contributed by atoms with E-state index in [9.17, 15) is 4.79 Å². The molecule has 6 nitrogen and oxygen atoms in total. The van der Waals surface area contributed by atoms with Crippen LogP contribution in [0.25, 0.3) is 0 Å². The maximum Gasteiger partial charge on any atom is 0.251 e. The first kappa shape index (κ1) is 12.1. The molecule has 94 valence electrons. The SMILES string of the molecule is CCn1cnnc1CNC(=O)c1ccc(O)cc1. The first-order chi connectivity index (χ1) is 8.70. The number of carbonyl (C=O) groups excluding carboxylic acids is 1. The van der Waals surface area contributed by atoms with Gasteiger partial charge in [0.1, 0.15) is 12.1 Å². The van der Waals surface area contributed by atoms with Gasteiger partial charge in [0, 0.05) is 12.1 Å². The maximum atomic E-state index is 11.8. The van der Waals surface area contributed by atoms with Gasteiger partial charge >= 0.3 is 0 Å². The van der Waals surface area contributed by atoms with Crippen LogP contribution in [0.4, 0.5) is 0 Å². The predicted octanol–water partition coefficient (Wildman–Crippen LogP) is 0.934. The molecule has 0 radical (unpaired) electrons. The lowest BCUT2D eigenvalue weighted by Crippen LogP contribution is -2.24. The second-order valence-corrected chi connectivity index (χ2v) is 3.76. The van der Waals surface area contributed by atoms with Gasteiger partial charge in [-0.1, -0.05) is 0 Å². The summed E-state index contributed by atoms with van der Waals surface area (Å²) in [6, 6.07) is 6.08. The summed E-state index contributed by atoms with van der Waals surface area (Å²) in [6.45, 7) is 3.07. The lowest BCUT2D eigenvalue weighted by atomic mass is 10.2. The first-order valence-electron chi connectivity index (χ1n) is 5.64. The number of phenolic OH excluding ortho intramolecular Hbond substituents is 1. The second kappa shape index (κ2) is 5.31. The maximum absolute atomic E-state index is 11.8. The number of nitrogens with one attached hydrogen (secondary N) is 1. The van der Waals surface area contributed by atoms with Gasteiger partial charge in [-0.2, -0.15) is 0 Å². The van der Waals surface area contributed by atoms with Crippen LogP contribution >= 0.6 is 0 Å². The summed E-state index contributed by atoms with van der Waals surface area (Å²) < 4.78 is 1.86. The Kier molecular flexibility index (Phi) is 3.57. The van der Waals surface area contributed by atoms with Gasteiger partial charge in [0.05, 0.1) is 6.54 Å². The minimum absolute atomic E-state index is 0.136. The Morgan fingerprint density at radius 1 is 1.39 bits per heavy atom. The molecule has 0 bridgehead atoms. The molecule has 0 saturated heterocycles. The quantitative estimate of drug-likeness (QED) is 0.841. The van der Waals surface area contributed by atoms with Crippen LogP contribution in [-0.4, -0.2) is 25.8 Å². The highest BCUT2D eigenvalue weighted by Crippen LogP contribution is 2.09. The number of hydrogen-bond donors (Lipinski definition) is 2. The molecule has 1 aromatic heterocycles.